The Morgan fingerprint density at radius 3 is 2.69 bits per heavy atom. The molecule has 2 unspecified atom stereocenters. The molecule has 0 radical (unpaired) electrons. The molecule has 10 heteroatoms. The van der Waals surface area contributed by atoms with Gasteiger partial charge in [-0.05, 0) is 74.4 Å². The Balaban J connectivity index is 1.20. The van der Waals surface area contributed by atoms with E-state index in [4.69, 9.17) is 10.5 Å². The van der Waals surface area contributed by atoms with Gasteiger partial charge in [0, 0.05) is 75.5 Å². The molecule has 0 saturated carbocycles. The molecule has 2 amide bonds. The lowest BCUT2D eigenvalue weighted by atomic mass is 9.91. The first kappa shape index (κ1) is 32.4. The zero-order chi connectivity index (χ0) is 32.1. The number of hydrogen-bond acceptors (Lipinski definition) is 5. The summed E-state index contributed by atoms with van der Waals surface area (Å²) in [4.78, 5) is 28.1. The van der Waals surface area contributed by atoms with Crippen molar-refractivity contribution in [3.63, 3.8) is 0 Å². The molecule has 2 atom stereocenters. The summed E-state index contributed by atoms with van der Waals surface area (Å²) in [7, 11) is 3.44. The summed E-state index contributed by atoms with van der Waals surface area (Å²) in [6.45, 7) is 6.63. The summed E-state index contributed by atoms with van der Waals surface area (Å²) in [5.41, 5.74) is 12.4. The van der Waals surface area contributed by atoms with Crippen molar-refractivity contribution in [3.8, 4) is 0 Å². The molecule has 1 saturated heterocycles. The van der Waals surface area contributed by atoms with Gasteiger partial charge in [-0.3, -0.25) is 14.3 Å². The summed E-state index contributed by atoms with van der Waals surface area (Å²) in [5.74, 6) is -0.265. The van der Waals surface area contributed by atoms with Crippen molar-refractivity contribution in [3.05, 3.63) is 82.6 Å². The van der Waals surface area contributed by atoms with Crippen molar-refractivity contribution in [1.82, 2.24) is 19.2 Å². The molecule has 45 heavy (non-hydrogen) atoms. The van der Waals surface area contributed by atoms with Crippen LogP contribution in [0.25, 0.3) is 10.9 Å². The number of fused-ring (bicyclic) bond motifs is 1. The number of anilines is 1. The molecule has 0 spiro atoms. The number of methoxy groups -OCH3 is 1. The maximum absolute atomic E-state index is 15.1. The molecule has 9 nitrogen and oxygen atoms in total. The van der Waals surface area contributed by atoms with Crippen LogP contribution in [0.15, 0.2) is 48.5 Å². The van der Waals surface area contributed by atoms with Crippen molar-refractivity contribution >= 4 is 28.4 Å². The fraction of sp³-hybridized carbons (Fsp3) is 0.457. The number of aryl methyl sites for hydroxylation is 4. The summed E-state index contributed by atoms with van der Waals surface area (Å²) in [6.07, 6.45) is 4.17. The average Bonchev–Trinajstić information content (AvgIpc) is 3.55. The van der Waals surface area contributed by atoms with Crippen LogP contribution in [-0.2, 0) is 36.0 Å². The number of aromatic nitrogens is 3. The van der Waals surface area contributed by atoms with Crippen molar-refractivity contribution < 1.29 is 18.7 Å². The zero-order valence-corrected chi connectivity index (χ0v) is 26.8. The summed E-state index contributed by atoms with van der Waals surface area (Å²) in [6, 6.07) is 14.3. The maximum Gasteiger partial charge on any atom is 0.273 e. The third-order valence-corrected chi connectivity index (χ3v) is 8.90. The van der Waals surface area contributed by atoms with E-state index in [-0.39, 0.29) is 36.0 Å². The lowest BCUT2D eigenvalue weighted by Crippen LogP contribution is -2.42. The molecule has 1 fully saturated rings. The number of likely N-dealkylation sites (tertiary alicyclic amines) is 1. The number of hydrogen-bond donors (Lipinski definition) is 2. The normalized spacial score (nSPS) is 15.9. The van der Waals surface area contributed by atoms with Crippen LogP contribution in [0.4, 0.5) is 10.1 Å². The van der Waals surface area contributed by atoms with Crippen molar-refractivity contribution in [1.29, 1.82) is 0 Å². The summed E-state index contributed by atoms with van der Waals surface area (Å²) < 4.78 is 24.1. The SMILES string of the molecule is CCc1cc(C(=O)Nc2ccc(CC(N)CC(=O)N3CCCC(c4c(C)c5cccc(F)c5n4CCCOC)C3)cc2)n(C)n1. The Hall–Kier alpha value is -4.02. The highest BCUT2D eigenvalue weighted by Gasteiger charge is 2.30. The van der Waals surface area contributed by atoms with E-state index in [1.165, 1.54) is 6.07 Å². The molecule has 3 heterocycles. The van der Waals surface area contributed by atoms with E-state index in [9.17, 15) is 9.59 Å². The number of nitrogens with two attached hydrogens (primary N) is 1. The zero-order valence-electron chi connectivity index (χ0n) is 26.8. The van der Waals surface area contributed by atoms with E-state index in [1.807, 2.05) is 42.2 Å². The standard InChI is InChI=1S/C35H45FN6O3/c1-5-27-21-31(40(3)39-27)35(44)38-28-14-12-24(13-15-28)19-26(37)20-32(43)41-16-7-9-25(22-41)33-23(2)29-10-6-11-30(36)34(29)42(33)17-8-18-45-4/h6,10-15,21,25-26H,5,7-9,16-20,22,37H2,1-4H3,(H,38,44). The highest BCUT2D eigenvalue weighted by Crippen LogP contribution is 2.37. The minimum absolute atomic E-state index is 0.0459. The predicted octanol–water partition coefficient (Wildman–Crippen LogP) is 5.34. The summed E-state index contributed by atoms with van der Waals surface area (Å²) in [5, 5.41) is 8.19. The third kappa shape index (κ3) is 7.28. The van der Waals surface area contributed by atoms with E-state index in [1.54, 1.807) is 31.0 Å². The first-order chi connectivity index (χ1) is 21.7. The Morgan fingerprint density at radius 2 is 1.98 bits per heavy atom. The van der Waals surface area contributed by atoms with Gasteiger partial charge in [0.2, 0.25) is 5.91 Å². The van der Waals surface area contributed by atoms with Crippen LogP contribution in [0.2, 0.25) is 0 Å². The molecule has 3 N–H and O–H groups in total. The lowest BCUT2D eigenvalue weighted by molar-refractivity contribution is -0.132. The van der Waals surface area contributed by atoms with Gasteiger partial charge in [0.25, 0.3) is 5.91 Å². The minimum Gasteiger partial charge on any atom is -0.385 e. The number of carbonyl (C=O) groups excluding carboxylic acids is 2. The Morgan fingerprint density at radius 1 is 1.20 bits per heavy atom. The second-order valence-electron chi connectivity index (χ2n) is 12.1. The van der Waals surface area contributed by atoms with Crippen LogP contribution in [0, 0.1) is 12.7 Å². The number of halogens is 1. The Labute approximate surface area is 264 Å². The minimum atomic E-state index is -0.337. The van der Waals surface area contributed by atoms with Crippen LogP contribution in [0.3, 0.4) is 0 Å². The van der Waals surface area contributed by atoms with Gasteiger partial charge in [-0.15, -0.1) is 0 Å². The molecular weight excluding hydrogens is 571 g/mol. The molecule has 5 rings (SSSR count). The van der Waals surface area contributed by atoms with Gasteiger partial charge in [-0.2, -0.15) is 5.10 Å². The molecule has 0 aliphatic carbocycles. The van der Waals surface area contributed by atoms with Gasteiger partial charge >= 0.3 is 0 Å². The van der Waals surface area contributed by atoms with E-state index < -0.39 is 0 Å². The number of benzene rings is 2. The van der Waals surface area contributed by atoms with E-state index in [2.05, 4.69) is 21.9 Å². The largest absolute Gasteiger partial charge is 0.385 e. The smallest absolute Gasteiger partial charge is 0.273 e. The molecule has 240 valence electrons. The van der Waals surface area contributed by atoms with Crippen molar-refractivity contribution in [2.24, 2.45) is 12.8 Å². The molecule has 1 aliphatic rings. The Kier molecular flexibility index (Phi) is 10.4. The van der Waals surface area contributed by atoms with Crippen molar-refractivity contribution in [2.45, 2.75) is 70.9 Å². The topological polar surface area (TPSA) is 107 Å². The predicted molar refractivity (Wildman–Crippen MR) is 175 cm³/mol. The van der Waals surface area contributed by atoms with Crippen LogP contribution in [-0.4, -0.2) is 63.9 Å². The van der Waals surface area contributed by atoms with Gasteiger partial charge in [-0.25, -0.2) is 4.39 Å². The monoisotopic (exact) mass is 616 g/mol. The number of amides is 2. The highest BCUT2D eigenvalue weighted by molar-refractivity contribution is 6.03. The first-order valence-corrected chi connectivity index (χ1v) is 15.9. The van der Waals surface area contributed by atoms with Gasteiger partial charge in [-0.1, -0.05) is 31.2 Å². The maximum atomic E-state index is 15.1. The number of nitrogens with zero attached hydrogens (tertiary/aromatic N) is 4. The number of piperidine rings is 1. The van der Waals surface area contributed by atoms with Crippen LogP contribution in [0.1, 0.15) is 71.5 Å². The molecule has 2 aromatic carbocycles. The van der Waals surface area contributed by atoms with Gasteiger partial charge in [0.15, 0.2) is 0 Å². The van der Waals surface area contributed by atoms with E-state index in [0.29, 0.717) is 49.6 Å². The third-order valence-electron chi connectivity index (χ3n) is 8.90. The number of carbonyl (C=O) groups is 2. The second-order valence-corrected chi connectivity index (χ2v) is 12.1. The number of ether oxygens (including phenoxy) is 1. The van der Waals surface area contributed by atoms with Gasteiger partial charge in [0.1, 0.15) is 11.5 Å². The average molecular weight is 617 g/mol. The van der Waals surface area contributed by atoms with Crippen molar-refractivity contribution in [2.75, 3.05) is 32.1 Å². The quantitative estimate of drug-likeness (QED) is 0.209. The van der Waals surface area contributed by atoms with Gasteiger partial charge < -0.3 is 25.3 Å². The fourth-order valence-electron chi connectivity index (χ4n) is 6.67. The van der Waals surface area contributed by atoms with E-state index in [0.717, 1.165) is 53.6 Å². The Bertz CT molecular complexity index is 1640. The van der Waals surface area contributed by atoms with Gasteiger partial charge in [0.05, 0.1) is 11.2 Å². The number of nitrogens with one attached hydrogen (secondary N) is 1. The fourth-order valence-corrected chi connectivity index (χ4v) is 6.67. The second kappa shape index (κ2) is 14.4. The first-order valence-electron chi connectivity index (χ1n) is 15.9. The van der Waals surface area contributed by atoms with Crippen LogP contribution in [0.5, 0.6) is 0 Å². The molecule has 0 bridgehead atoms. The van der Waals surface area contributed by atoms with Crippen LogP contribution < -0.4 is 11.1 Å². The number of rotatable bonds is 12. The number of para-hydroxylation sites is 1. The summed E-state index contributed by atoms with van der Waals surface area (Å²) >= 11 is 0. The molecule has 4 aromatic rings. The van der Waals surface area contributed by atoms with E-state index >= 15 is 4.39 Å². The lowest BCUT2D eigenvalue weighted by Gasteiger charge is -2.34. The molecule has 2 aromatic heterocycles. The highest BCUT2D eigenvalue weighted by atomic mass is 19.1. The molecule has 1 aliphatic heterocycles. The van der Waals surface area contributed by atoms with Crippen LogP contribution >= 0.6 is 0 Å². The molecular formula is C35H45FN6O3.